The molecule has 0 aromatic carbocycles. The first-order chi connectivity index (χ1) is 8.27. The first kappa shape index (κ1) is 20.4. The summed E-state index contributed by atoms with van der Waals surface area (Å²) in [6.07, 6.45) is 15.8. The number of aliphatic carboxylic acids is 1. The fourth-order valence-electron chi connectivity index (χ4n) is 2.12. The van der Waals surface area contributed by atoms with Gasteiger partial charge in [-0.1, -0.05) is 77.6 Å². The molecule has 2 nitrogen and oxygen atoms in total. The molecule has 0 saturated carbocycles. The smallest absolute Gasteiger partial charge is 1.00 e. The fourth-order valence-corrected chi connectivity index (χ4v) is 2.12. The van der Waals surface area contributed by atoms with Gasteiger partial charge < -0.3 is 6.53 Å². The molecule has 18 heavy (non-hydrogen) atoms. The minimum Gasteiger partial charge on any atom is -1.00 e. The second-order valence-corrected chi connectivity index (χ2v) is 5.03. The second-order valence-electron chi connectivity index (χ2n) is 5.03. The van der Waals surface area contributed by atoms with Crippen molar-refractivity contribution >= 4 is 5.97 Å². The van der Waals surface area contributed by atoms with Gasteiger partial charge in [-0.2, -0.15) is 0 Å². The van der Waals surface area contributed by atoms with Gasteiger partial charge in [0.15, 0.2) is 0 Å². The van der Waals surface area contributed by atoms with Crippen molar-refractivity contribution in [1.29, 1.82) is 0 Å². The third-order valence-corrected chi connectivity index (χ3v) is 3.24. The molecule has 3 heteroatoms. The summed E-state index contributed by atoms with van der Waals surface area (Å²) >= 11 is 0. The van der Waals surface area contributed by atoms with Crippen molar-refractivity contribution in [3.05, 3.63) is 0 Å². The zero-order chi connectivity index (χ0) is 12.8. The summed E-state index contributed by atoms with van der Waals surface area (Å²) in [5, 5.41) is 8.47. The third-order valence-electron chi connectivity index (χ3n) is 3.24. The van der Waals surface area contributed by atoms with Crippen LogP contribution in [0.3, 0.4) is 0 Å². The number of carboxylic acids is 1. The van der Waals surface area contributed by atoms with Crippen LogP contribution in [0.15, 0.2) is 0 Å². The van der Waals surface area contributed by atoms with E-state index in [9.17, 15) is 4.79 Å². The molecule has 0 aliphatic carbocycles. The van der Waals surface area contributed by atoms with E-state index >= 15 is 0 Å². The van der Waals surface area contributed by atoms with Gasteiger partial charge in [0.25, 0.3) is 0 Å². The zero-order valence-corrected chi connectivity index (χ0v) is 12.5. The first-order valence-corrected chi connectivity index (χ1v) is 7.49. The predicted octanol–water partition coefficient (Wildman–Crippen LogP) is 2.28. The van der Waals surface area contributed by atoms with Crippen LogP contribution in [0.5, 0.6) is 0 Å². The topological polar surface area (TPSA) is 37.3 Å². The van der Waals surface area contributed by atoms with Crippen LogP contribution in [0.4, 0.5) is 0 Å². The van der Waals surface area contributed by atoms with Gasteiger partial charge in [-0.3, -0.25) is 4.79 Å². The van der Waals surface area contributed by atoms with Crippen molar-refractivity contribution in [3.8, 4) is 0 Å². The van der Waals surface area contributed by atoms with E-state index < -0.39 is 5.97 Å². The number of carbonyl (C=O) groups is 1. The maximum Gasteiger partial charge on any atom is 1.00 e. The van der Waals surface area contributed by atoms with Crippen molar-refractivity contribution in [1.82, 2.24) is 0 Å². The van der Waals surface area contributed by atoms with Gasteiger partial charge in [0, 0.05) is 6.42 Å². The minimum absolute atomic E-state index is 0. The SMILES string of the molecule is CCCCCCCCCCCCCCC(=O)O.[H-].[Li+]. The Labute approximate surface area is 127 Å². The molecule has 0 saturated heterocycles. The van der Waals surface area contributed by atoms with Crippen molar-refractivity contribution in [2.24, 2.45) is 0 Å². The number of carboxylic acid groups (broad SMARTS) is 1. The molecule has 104 valence electrons. The van der Waals surface area contributed by atoms with E-state index in [0.717, 1.165) is 12.8 Å². The van der Waals surface area contributed by atoms with Crippen molar-refractivity contribution in [3.63, 3.8) is 0 Å². The number of hydrogen-bond acceptors (Lipinski definition) is 1. The van der Waals surface area contributed by atoms with E-state index in [4.69, 9.17) is 5.11 Å². The molecule has 0 aromatic heterocycles. The monoisotopic (exact) mass is 250 g/mol. The van der Waals surface area contributed by atoms with Gasteiger partial charge >= 0.3 is 24.8 Å². The number of unbranched alkanes of at least 4 members (excludes halogenated alkanes) is 11. The van der Waals surface area contributed by atoms with E-state index in [1.54, 1.807) is 0 Å². The summed E-state index contributed by atoms with van der Waals surface area (Å²) in [6.45, 7) is 2.25. The van der Waals surface area contributed by atoms with E-state index in [1.807, 2.05) is 0 Å². The Morgan fingerprint density at radius 2 is 1.11 bits per heavy atom. The van der Waals surface area contributed by atoms with Gasteiger partial charge in [0.1, 0.15) is 0 Å². The molecule has 0 aliphatic rings. The number of hydrogen-bond donors (Lipinski definition) is 1. The summed E-state index contributed by atoms with van der Waals surface area (Å²) < 4.78 is 0. The molecule has 0 atom stereocenters. The third kappa shape index (κ3) is 18.4. The summed E-state index contributed by atoms with van der Waals surface area (Å²) in [5.74, 6) is -0.655. The van der Waals surface area contributed by atoms with Crippen molar-refractivity contribution in [2.45, 2.75) is 90.4 Å². The Bertz CT molecular complexity index is 178. The predicted molar refractivity (Wildman–Crippen MR) is 74.4 cm³/mol. The van der Waals surface area contributed by atoms with Crippen LogP contribution >= 0.6 is 0 Å². The van der Waals surface area contributed by atoms with Gasteiger partial charge in [-0.15, -0.1) is 0 Å². The van der Waals surface area contributed by atoms with Crippen molar-refractivity contribution in [2.75, 3.05) is 0 Å². The maximum absolute atomic E-state index is 10.3. The maximum atomic E-state index is 10.3. The van der Waals surface area contributed by atoms with Crippen LogP contribution in [0.25, 0.3) is 0 Å². The molecule has 0 spiro atoms. The van der Waals surface area contributed by atoms with Crippen LogP contribution in [-0.2, 0) is 4.79 Å². The molecular weight excluding hydrogens is 219 g/mol. The standard InChI is InChI=1S/C15H30O2.Li.H/c1-2-3-4-5-6-7-8-9-10-11-12-13-14-15(16)17;;/h2-14H2,1H3,(H,16,17);;/q;+1;-1. The Kier molecular flexibility index (Phi) is 19.3. The van der Waals surface area contributed by atoms with Gasteiger partial charge in [0.05, 0.1) is 0 Å². The molecule has 0 heterocycles. The molecular formula is C15H31LiO2. The molecule has 0 aromatic rings. The van der Waals surface area contributed by atoms with Crippen LogP contribution in [-0.4, -0.2) is 11.1 Å². The van der Waals surface area contributed by atoms with Crippen LogP contribution in [0.1, 0.15) is 91.8 Å². The Morgan fingerprint density at radius 3 is 1.44 bits per heavy atom. The molecule has 0 rings (SSSR count). The Hall–Kier alpha value is 0.0674. The van der Waals surface area contributed by atoms with Crippen LogP contribution in [0.2, 0.25) is 0 Å². The molecule has 0 aliphatic heterocycles. The minimum atomic E-state index is -0.655. The fraction of sp³-hybridized carbons (Fsp3) is 0.933. The van der Waals surface area contributed by atoms with Crippen molar-refractivity contribution < 1.29 is 30.2 Å². The van der Waals surface area contributed by atoms with Gasteiger partial charge in [0.2, 0.25) is 0 Å². The summed E-state index contributed by atoms with van der Waals surface area (Å²) in [6, 6.07) is 0. The molecule has 0 unspecified atom stereocenters. The molecule has 0 radical (unpaired) electrons. The number of rotatable bonds is 13. The Morgan fingerprint density at radius 1 is 0.778 bits per heavy atom. The van der Waals surface area contributed by atoms with E-state index in [2.05, 4.69) is 6.92 Å². The van der Waals surface area contributed by atoms with Gasteiger partial charge in [-0.25, -0.2) is 0 Å². The zero-order valence-electron chi connectivity index (χ0n) is 13.5. The molecule has 0 fully saturated rings. The average Bonchev–Trinajstić information content (AvgIpc) is 2.30. The first-order valence-electron chi connectivity index (χ1n) is 7.49. The van der Waals surface area contributed by atoms with Crippen LogP contribution in [0, 0.1) is 0 Å². The summed E-state index contributed by atoms with van der Waals surface area (Å²) in [4.78, 5) is 10.3. The van der Waals surface area contributed by atoms with E-state index in [0.29, 0.717) is 6.42 Å². The Balaban J connectivity index is -0.00000128. The molecule has 0 amide bonds. The van der Waals surface area contributed by atoms with Gasteiger partial charge in [-0.05, 0) is 6.42 Å². The summed E-state index contributed by atoms with van der Waals surface area (Å²) in [5.41, 5.74) is 0. The van der Waals surface area contributed by atoms with E-state index in [-0.39, 0.29) is 20.3 Å². The van der Waals surface area contributed by atoms with Crippen LogP contribution < -0.4 is 18.9 Å². The molecule has 1 N–H and O–H groups in total. The summed E-state index contributed by atoms with van der Waals surface area (Å²) in [7, 11) is 0. The quantitative estimate of drug-likeness (QED) is 0.402. The normalized spacial score (nSPS) is 10.1. The largest absolute Gasteiger partial charge is 1.00 e. The average molecular weight is 250 g/mol. The molecule has 0 bridgehead atoms. The second kappa shape index (κ2) is 17.1. The van der Waals surface area contributed by atoms with E-state index in [1.165, 1.54) is 64.2 Å².